The monoisotopic (exact) mass is 728 g/mol. The van der Waals surface area contributed by atoms with Gasteiger partial charge in [-0.25, -0.2) is 4.79 Å². The molecule has 2 aliphatic heterocycles. The first-order chi connectivity index (χ1) is 24.5. The van der Waals surface area contributed by atoms with Gasteiger partial charge in [0.05, 0.1) is 23.9 Å². The number of piperazine rings is 1. The van der Waals surface area contributed by atoms with Crippen molar-refractivity contribution in [3.63, 3.8) is 0 Å². The quantitative estimate of drug-likeness (QED) is 0.257. The highest BCUT2D eigenvalue weighted by Gasteiger charge is 2.84. The van der Waals surface area contributed by atoms with Crippen LogP contribution in [0.2, 0.25) is 0 Å². The van der Waals surface area contributed by atoms with E-state index in [-0.39, 0.29) is 57.4 Å². The van der Waals surface area contributed by atoms with Crippen molar-refractivity contribution >= 4 is 6.09 Å². The normalized spacial score (nSPS) is 47.9. The van der Waals surface area contributed by atoms with E-state index in [0.29, 0.717) is 30.9 Å². The van der Waals surface area contributed by atoms with Crippen LogP contribution in [-0.2, 0) is 14.2 Å². The minimum atomic E-state index is -1.03. The lowest BCUT2D eigenvalue weighted by molar-refractivity contribution is -0.215. The lowest BCUT2D eigenvalue weighted by Gasteiger charge is -2.63. The van der Waals surface area contributed by atoms with Crippen molar-refractivity contribution < 1.29 is 29.2 Å². The molecule has 1 amide bonds. The van der Waals surface area contributed by atoms with Crippen molar-refractivity contribution in [2.45, 2.75) is 168 Å². The number of nitrogens with zero attached hydrogens (tertiary/aromatic N) is 2. The van der Waals surface area contributed by atoms with Gasteiger partial charge in [-0.3, -0.25) is 9.80 Å². The summed E-state index contributed by atoms with van der Waals surface area (Å²) in [4.78, 5) is 18.4. The fraction of sp³-hybridized carbons (Fsp3) is 0.977. The van der Waals surface area contributed by atoms with Crippen LogP contribution < -0.4 is 5.32 Å². The van der Waals surface area contributed by atoms with Crippen LogP contribution in [0.15, 0.2) is 0 Å². The summed E-state index contributed by atoms with van der Waals surface area (Å²) >= 11 is 0. The maximum Gasteiger partial charge on any atom is 0.407 e. The summed E-state index contributed by atoms with van der Waals surface area (Å²) in [6.45, 7) is 24.2. The van der Waals surface area contributed by atoms with Gasteiger partial charge in [0.15, 0.2) is 0 Å². The maximum atomic E-state index is 13.2. The Labute approximate surface area is 314 Å². The fourth-order valence-corrected chi connectivity index (χ4v) is 15.3. The molecule has 6 saturated carbocycles. The van der Waals surface area contributed by atoms with Crippen molar-refractivity contribution in [1.82, 2.24) is 15.1 Å². The van der Waals surface area contributed by atoms with Crippen molar-refractivity contribution in [3.8, 4) is 0 Å². The minimum Gasteiger partial charge on any atom is -0.446 e. The average Bonchev–Trinajstić information content (AvgIpc) is 3.69. The fourth-order valence-electron chi connectivity index (χ4n) is 15.3. The molecule has 0 radical (unpaired) electrons. The van der Waals surface area contributed by atoms with E-state index >= 15 is 0 Å². The van der Waals surface area contributed by atoms with Gasteiger partial charge < -0.3 is 29.7 Å². The number of hydrogen-bond acceptors (Lipinski definition) is 8. The summed E-state index contributed by atoms with van der Waals surface area (Å²) in [5.41, 5.74) is -0.860. The highest BCUT2D eigenvalue weighted by Crippen LogP contribution is 2.89. The average molecular weight is 728 g/mol. The van der Waals surface area contributed by atoms with Gasteiger partial charge in [0, 0.05) is 62.7 Å². The van der Waals surface area contributed by atoms with E-state index < -0.39 is 17.8 Å². The lowest BCUT2D eigenvalue weighted by atomic mass is 9.41. The number of rotatable bonds is 9. The zero-order valence-corrected chi connectivity index (χ0v) is 33.9. The molecular weight excluding hydrogens is 654 g/mol. The van der Waals surface area contributed by atoms with Crippen LogP contribution in [0.4, 0.5) is 4.79 Å². The smallest absolute Gasteiger partial charge is 0.407 e. The van der Waals surface area contributed by atoms with Gasteiger partial charge in [-0.2, -0.15) is 0 Å². The number of fused-ring (bicyclic) bond motifs is 4. The van der Waals surface area contributed by atoms with E-state index in [1.54, 1.807) is 0 Å². The van der Waals surface area contributed by atoms with Gasteiger partial charge in [0.1, 0.15) is 12.2 Å². The summed E-state index contributed by atoms with van der Waals surface area (Å²) in [6, 6.07) is 0.820. The first-order valence-corrected chi connectivity index (χ1v) is 21.6. The minimum absolute atomic E-state index is 0.0120. The number of hydrogen-bond donors (Lipinski definition) is 3. The Morgan fingerprint density at radius 1 is 0.981 bits per heavy atom. The molecule has 2 saturated heterocycles. The molecule has 13 atom stereocenters. The second kappa shape index (κ2) is 13.0. The zero-order valence-electron chi connectivity index (χ0n) is 33.9. The van der Waals surface area contributed by atoms with E-state index in [4.69, 9.17) is 14.2 Å². The number of nitrogens with one attached hydrogen (secondary N) is 1. The molecule has 8 aliphatic rings. The molecule has 0 unspecified atom stereocenters. The standard InChI is InChI=1S/C43H73N3O6/c1-9-50-36(39(5,6)49)29-25-27(2)33-34(51-29)35(47)41(8)31-14-13-30-38(3,4)32(15-16-42(30)26-43(31,42)18-17-40(33,41)7)52-37(48)44-19-20-45-21-23-46(24-22-45)28-11-10-12-28/h27-36,47,49H,9-26H2,1-8H3,(H,44,48)/t27-,29-,30+,31+,32+,33+,34+,35+,36+,40-,41-,42-,43+/m1/s1. The molecule has 296 valence electrons. The summed E-state index contributed by atoms with van der Waals surface area (Å²) in [5, 5.41) is 26.8. The van der Waals surface area contributed by atoms with Crippen molar-refractivity contribution in [3.05, 3.63) is 0 Å². The number of carbonyl (C=O) groups is 1. The third kappa shape index (κ3) is 5.45. The Kier molecular flexibility index (Phi) is 9.51. The van der Waals surface area contributed by atoms with Gasteiger partial charge in [0.25, 0.3) is 0 Å². The largest absolute Gasteiger partial charge is 0.446 e. The van der Waals surface area contributed by atoms with Crippen LogP contribution in [0.25, 0.3) is 0 Å². The SMILES string of the molecule is CCO[C@@H]([C@H]1C[C@@H](C)[C@H]2[C@H](O1)[C@H](O)[C@@]1(C)[C@@H]3CC[C@H]4C(C)(C)[C@@H](OC(=O)NCCN5CCN(C6CCC6)CC5)CC[C@@]45C[C@@]35CC[C@]21C)C(C)(C)O. The van der Waals surface area contributed by atoms with Gasteiger partial charge in [-0.1, -0.05) is 41.0 Å². The van der Waals surface area contributed by atoms with Crippen molar-refractivity contribution in [2.24, 2.45) is 50.7 Å². The first kappa shape index (κ1) is 37.9. The van der Waals surface area contributed by atoms with Crippen LogP contribution in [0.1, 0.15) is 126 Å². The van der Waals surface area contributed by atoms with Crippen LogP contribution in [0.3, 0.4) is 0 Å². The lowest BCUT2D eigenvalue weighted by Crippen LogP contribution is -2.60. The van der Waals surface area contributed by atoms with Crippen LogP contribution in [0, 0.1) is 50.7 Å². The molecule has 3 N–H and O–H groups in total. The van der Waals surface area contributed by atoms with Gasteiger partial charge in [-0.15, -0.1) is 0 Å². The molecule has 8 fully saturated rings. The number of aliphatic hydroxyl groups excluding tert-OH is 1. The second-order valence-corrected chi connectivity index (χ2v) is 20.9. The van der Waals surface area contributed by atoms with Gasteiger partial charge in [-0.05, 0) is 125 Å². The molecule has 9 nitrogen and oxygen atoms in total. The first-order valence-electron chi connectivity index (χ1n) is 21.6. The number of ether oxygens (including phenoxy) is 3. The van der Waals surface area contributed by atoms with E-state index in [1.807, 2.05) is 20.8 Å². The van der Waals surface area contributed by atoms with E-state index in [0.717, 1.165) is 77.3 Å². The van der Waals surface area contributed by atoms with E-state index in [2.05, 4.69) is 49.7 Å². The molecule has 9 heteroatoms. The third-order valence-corrected chi connectivity index (χ3v) is 18.1. The number of carbonyl (C=O) groups excluding carboxylic acids is 1. The molecule has 8 rings (SSSR count). The predicted molar refractivity (Wildman–Crippen MR) is 202 cm³/mol. The van der Waals surface area contributed by atoms with Crippen LogP contribution in [0.5, 0.6) is 0 Å². The molecule has 52 heavy (non-hydrogen) atoms. The topological polar surface area (TPSA) is 104 Å². The number of aliphatic hydroxyl groups is 2. The predicted octanol–water partition coefficient (Wildman–Crippen LogP) is 6.24. The highest BCUT2D eigenvalue weighted by atomic mass is 16.6. The zero-order chi connectivity index (χ0) is 37.1. The van der Waals surface area contributed by atoms with E-state index in [1.165, 1.54) is 32.1 Å². The third-order valence-electron chi connectivity index (χ3n) is 18.1. The van der Waals surface area contributed by atoms with Crippen LogP contribution >= 0.6 is 0 Å². The van der Waals surface area contributed by atoms with Crippen LogP contribution in [-0.4, -0.2) is 114 Å². The summed E-state index contributed by atoms with van der Waals surface area (Å²) in [6.07, 6.45) is 11.1. The molecule has 6 aliphatic carbocycles. The Hall–Kier alpha value is -0.970. The Morgan fingerprint density at radius 3 is 2.33 bits per heavy atom. The number of alkyl carbamates (subject to hydrolysis) is 1. The Balaban J connectivity index is 0.922. The Bertz CT molecular complexity index is 1340. The second-order valence-electron chi connectivity index (χ2n) is 20.9. The molecule has 0 aromatic rings. The molecule has 2 spiro atoms. The highest BCUT2D eigenvalue weighted by molar-refractivity contribution is 5.67. The molecular formula is C43H73N3O6. The van der Waals surface area contributed by atoms with Crippen molar-refractivity contribution in [1.29, 1.82) is 0 Å². The van der Waals surface area contributed by atoms with E-state index in [9.17, 15) is 15.0 Å². The Morgan fingerprint density at radius 2 is 1.67 bits per heavy atom. The molecule has 0 aromatic heterocycles. The van der Waals surface area contributed by atoms with Gasteiger partial charge >= 0.3 is 6.09 Å². The van der Waals surface area contributed by atoms with Gasteiger partial charge in [0.2, 0.25) is 0 Å². The molecule has 0 bridgehead atoms. The molecule has 0 aromatic carbocycles. The summed E-state index contributed by atoms with van der Waals surface area (Å²) in [7, 11) is 0. The molecule has 2 heterocycles. The van der Waals surface area contributed by atoms with Crippen molar-refractivity contribution in [2.75, 3.05) is 45.9 Å². The summed E-state index contributed by atoms with van der Waals surface area (Å²) in [5.74, 6) is 1.62. The maximum absolute atomic E-state index is 13.2. The summed E-state index contributed by atoms with van der Waals surface area (Å²) < 4.78 is 19.4. The number of amides is 1.